The van der Waals surface area contributed by atoms with E-state index in [2.05, 4.69) is 20.9 Å². The first-order chi connectivity index (χ1) is 13.0. The summed E-state index contributed by atoms with van der Waals surface area (Å²) >= 11 is 0. The molecule has 1 heterocycles. The Labute approximate surface area is 154 Å². The highest BCUT2D eigenvalue weighted by Crippen LogP contribution is 2.16. The van der Waals surface area contributed by atoms with Crippen molar-refractivity contribution < 1.29 is 18.7 Å². The second-order valence-electron chi connectivity index (χ2n) is 5.52. The van der Waals surface area contributed by atoms with Gasteiger partial charge in [0.15, 0.2) is 17.7 Å². The number of amides is 2. The lowest BCUT2D eigenvalue weighted by Gasteiger charge is -2.15. The number of carbonyl (C=O) groups is 2. The number of aromatic nitrogens is 3. The van der Waals surface area contributed by atoms with Crippen LogP contribution in [0.15, 0.2) is 61.2 Å². The summed E-state index contributed by atoms with van der Waals surface area (Å²) in [5, 5.41) is 3.99. The molecule has 0 saturated heterocycles. The highest BCUT2D eigenvalue weighted by molar-refractivity contribution is 5.95. The van der Waals surface area contributed by atoms with Crippen molar-refractivity contribution in [3.63, 3.8) is 0 Å². The van der Waals surface area contributed by atoms with Gasteiger partial charge in [-0.1, -0.05) is 12.1 Å². The molecule has 3 rings (SSSR count). The van der Waals surface area contributed by atoms with Gasteiger partial charge in [0.1, 0.15) is 12.7 Å². The van der Waals surface area contributed by atoms with Crippen molar-refractivity contribution in [1.82, 2.24) is 25.6 Å². The van der Waals surface area contributed by atoms with E-state index in [1.54, 1.807) is 35.0 Å². The van der Waals surface area contributed by atoms with Crippen LogP contribution in [0.25, 0.3) is 5.69 Å². The number of nitrogens with one attached hydrogen (secondary N) is 2. The summed E-state index contributed by atoms with van der Waals surface area (Å²) in [6.07, 6.45) is 1.93. The maximum Gasteiger partial charge on any atom is 0.279 e. The van der Waals surface area contributed by atoms with Gasteiger partial charge in [0, 0.05) is 5.56 Å². The van der Waals surface area contributed by atoms with E-state index in [0.717, 1.165) is 5.69 Å². The average molecular weight is 369 g/mol. The maximum atomic E-state index is 13.5. The van der Waals surface area contributed by atoms with E-state index in [1.807, 2.05) is 0 Å². The summed E-state index contributed by atoms with van der Waals surface area (Å²) in [6.45, 7) is 1.45. The van der Waals surface area contributed by atoms with Gasteiger partial charge in [-0.05, 0) is 43.3 Å². The number of hydrazine groups is 1. The molecule has 0 bridgehead atoms. The Balaban J connectivity index is 1.53. The lowest BCUT2D eigenvalue weighted by molar-refractivity contribution is -0.128. The van der Waals surface area contributed by atoms with E-state index >= 15 is 0 Å². The Hall–Kier alpha value is -3.75. The van der Waals surface area contributed by atoms with E-state index in [1.165, 1.54) is 37.8 Å². The number of rotatable bonds is 5. The molecule has 0 radical (unpaired) electrons. The Bertz CT molecular complexity index is 928. The minimum absolute atomic E-state index is 0.0461. The summed E-state index contributed by atoms with van der Waals surface area (Å²) in [4.78, 5) is 28.0. The van der Waals surface area contributed by atoms with Crippen LogP contribution in [0.3, 0.4) is 0 Å². The normalized spacial score (nSPS) is 11.5. The van der Waals surface area contributed by atoms with Crippen LogP contribution in [0.5, 0.6) is 5.75 Å². The van der Waals surface area contributed by atoms with Crippen molar-refractivity contribution in [2.45, 2.75) is 13.0 Å². The van der Waals surface area contributed by atoms with Crippen LogP contribution in [-0.4, -0.2) is 32.7 Å². The van der Waals surface area contributed by atoms with Gasteiger partial charge >= 0.3 is 0 Å². The molecule has 0 aliphatic rings. The Morgan fingerprint density at radius 1 is 1.11 bits per heavy atom. The fourth-order valence-electron chi connectivity index (χ4n) is 2.18. The van der Waals surface area contributed by atoms with Gasteiger partial charge in [-0.3, -0.25) is 20.4 Å². The molecule has 0 spiro atoms. The van der Waals surface area contributed by atoms with Crippen LogP contribution in [0.4, 0.5) is 4.39 Å². The van der Waals surface area contributed by atoms with E-state index < -0.39 is 23.7 Å². The molecule has 1 unspecified atom stereocenters. The molecule has 0 aliphatic heterocycles. The third kappa shape index (κ3) is 4.46. The molecule has 0 fully saturated rings. The van der Waals surface area contributed by atoms with Gasteiger partial charge in [-0.25, -0.2) is 14.1 Å². The second-order valence-corrected chi connectivity index (χ2v) is 5.52. The van der Waals surface area contributed by atoms with Gasteiger partial charge in [-0.2, -0.15) is 5.10 Å². The minimum atomic E-state index is -1.00. The van der Waals surface area contributed by atoms with Crippen LogP contribution in [-0.2, 0) is 4.79 Å². The van der Waals surface area contributed by atoms with Crippen molar-refractivity contribution >= 4 is 11.8 Å². The molecule has 2 aromatic carbocycles. The number of carbonyl (C=O) groups excluding carboxylic acids is 2. The number of nitrogens with zero attached hydrogens (tertiary/aromatic N) is 3. The zero-order valence-corrected chi connectivity index (χ0v) is 14.3. The average Bonchev–Trinajstić information content (AvgIpc) is 3.22. The molecule has 9 heteroatoms. The highest BCUT2D eigenvalue weighted by Gasteiger charge is 2.17. The number of halogens is 1. The van der Waals surface area contributed by atoms with Crippen molar-refractivity contribution in [2.75, 3.05) is 0 Å². The predicted octanol–water partition coefficient (Wildman–Crippen LogP) is 1.63. The standard InChI is InChI=1S/C18H16FN5O3/c1-12(27-16-5-3-2-4-15(16)19)17(25)22-23-18(26)13-6-8-14(9-7-13)24-11-20-10-21-24/h2-12H,1H3,(H,22,25)(H,23,26). The first kappa shape index (κ1) is 18.1. The summed E-state index contributed by atoms with van der Waals surface area (Å²) in [5.41, 5.74) is 5.61. The van der Waals surface area contributed by atoms with Crippen LogP contribution < -0.4 is 15.6 Å². The van der Waals surface area contributed by atoms with E-state index in [0.29, 0.717) is 5.56 Å². The van der Waals surface area contributed by atoms with Gasteiger partial charge in [0.05, 0.1) is 5.69 Å². The molecule has 1 atom stereocenters. The molecular formula is C18H16FN5O3. The van der Waals surface area contributed by atoms with Crippen LogP contribution in [0.2, 0.25) is 0 Å². The molecule has 2 N–H and O–H groups in total. The van der Waals surface area contributed by atoms with Gasteiger partial charge < -0.3 is 4.74 Å². The number of benzene rings is 2. The van der Waals surface area contributed by atoms with Crippen molar-refractivity contribution in [3.8, 4) is 11.4 Å². The molecule has 8 nitrogen and oxygen atoms in total. The summed E-state index contributed by atoms with van der Waals surface area (Å²) < 4.78 is 20.3. The van der Waals surface area contributed by atoms with E-state index in [-0.39, 0.29) is 5.75 Å². The van der Waals surface area contributed by atoms with Crippen molar-refractivity contribution in [3.05, 3.63) is 72.6 Å². The van der Waals surface area contributed by atoms with E-state index in [4.69, 9.17) is 4.74 Å². The molecule has 138 valence electrons. The van der Waals surface area contributed by atoms with Gasteiger partial charge in [-0.15, -0.1) is 0 Å². The number of hydrogen-bond acceptors (Lipinski definition) is 5. The summed E-state index contributed by atoms with van der Waals surface area (Å²) in [5.74, 6) is -1.75. The Morgan fingerprint density at radius 2 is 1.85 bits per heavy atom. The van der Waals surface area contributed by atoms with Gasteiger partial charge in [0.25, 0.3) is 11.8 Å². The highest BCUT2D eigenvalue weighted by atomic mass is 19.1. The zero-order chi connectivity index (χ0) is 19.2. The van der Waals surface area contributed by atoms with Crippen LogP contribution in [0, 0.1) is 5.82 Å². The fourth-order valence-corrected chi connectivity index (χ4v) is 2.18. The lowest BCUT2D eigenvalue weighted by atomic mass is 10.2. The molecule has 3 aromatic rings. The third-order valence-corrected chi connectivity index (χ3v) is 3.62. The van der Waals surface area contributed by atoms with Crippen molar-refractivity contribution in [2.24, 2.45) is 0 Å². The molecule has 1 aromatic heterocycles. The molecule has 0 saturated carbocycles. The first-order valence-electron chi connectivity index (χ1n) is 8.01. The fraction of sp³-hybridized carbons (Fsp3) is 0.111. The van der Waals surface area contributed by atoms with Gasteiger partial charge in [0.2, 0.25) is 0 Å². The number of para-hydroxylation sites is 1. The van der Waals surface area contributed by atoms with Crippen LogP contribution >= 0.6 is 0 Å². The molecule has 2 amide bonds. The second kappa shape index (κ2) is 8.09. The minimum Gasteiger partial charge on any atom is -0.478 e. The zero-order valence-electron chi connectivity index (χ0n) is 14.3. The van der Waals surface area contributed by atoms with Crippen LogP contribution in [0.1, 0.15) is 17.3 Å². The largest absolute Gasteiger partial charge is 0.478 e. The maximum absolute atomic E-state index is 13.5. The number of hydrogen-bond donors (Lipinski definition) is 2. The first-order valence-corrected chi connectivity index (χ1v) is 8.01. The summed E-state index contributed by atoms with van der Waals surface area (Å²) in [7, 11) is 0. The molecule has 0 aliphatic carbocycles. The van der Waals surface area contributed by atoms with Crippen molar-refractivity contribution in [1.29, 1.82) is 0 Å². The third-order valence-electron chi connectivity index (χ3n) is 3.62. The smallest absolute Gasteiger partial charge is 0.279 e. The lowest BCUT2D eigenvalue weighted by Crippen LogP contribution is -2.47. The predicted molar refractivity (Wildman–Crippen MR) is 93.5 cm³/mol. The molecule has 27 heavy (non-hydrogen) atoms. The van der Waals surface area contributed by atoms with E-state index in [9.17, 15) is 14.0 Å². The summed E-state index contributed by atoms with van der Waals surface area (Å²) in [6, 6.07) is 12.3. The Kier molecular flexibility index (Phi) is 5.41. The monoisotopic (exact) mass is 369 g/mol. The number of ether oxygens (including phenoxy) is 1. The quantitative estimate of drug-likeness (QED) is 0.666. The topological polar surface area (TPSA) is 98.1 Å². The SMILES string of the molecule is CC(Oc1ccccc1F)C(=O)NNC(=O)c1ccc(-n2cncn2)cc1. The molecular weight excluding hydrogens is 353 g/mol. The Morgan fingerprint density at radius 3 is 2.52 bits per heavy atom.